The van der Waals surface area contributed by atoms with Gasteiger partial charge in [-0.3, -0.25) is 9.88 Å². The van der Waals surface area contributed by atoms with Gasteiger partial charge in [-0.15, -0.1) is 0 Å². The van der Waals surface area contributed by atoms with Crippen LogP contribution in [-0.4, -0.2) is 47.3 Å². The standard InChI is InChI=1S/C18H22BrN3O/c1-21(17-9-16(19)10-20-11-17)13-18(23)7-8-22(14-18)12-15-5-3-2-4-6-15/h2-6,9-11,23H,7-8,12-14H2,1H3. The average Bonchev–Trinajstić information content (AvgIpc) is 2.89. The summed E-state index contributed by atoms with van der Waals surface area (Å²) < 4.78 is 0.950. The Morgan fingerprint density at radius 3 is 2.83 bits per heavy atom. The molecule has 1 aliphatic heterocycles. The first kappa shape index (κ1) is 16.4. The molecule has 0 radical (unpaired) electrons. The SMILES string of the molecule is CN(CC1(O)CCN(Cc2ccccc2)C1)c1cncc(Br)c1. The minimum absolute atomic E-state index is 0.608. The molecule has 1 aromatic carbocycles. The van der Waals surface area contributed by atoms with Gasteiger partial charge in [0.05, 0.1) is 17.5 Å². The number of hydrogen-bond donors (Lipinski definition) is 1. The van der Waals surface area contributed by atoms with Gasteiger partial charge >= 0.3 is 0 Å². The molecule has 122 valence electrons. The zero-order chi connectivity index (χ0) is 16.3. The summed E-state index contributed by atoms with van der Waals surface area (Å²) in [5.74, 6) is 0. The minimum Gasteiger partial charge on any atom is -0.387 e. The molecule has 1 aromatic heterocycles. The molecule has 4 nitrogen and oxygen atoms in total. The average molecular weight is 376 g/mol. The van der Waals surface area contributed by atoms with Crippen LogP contribution in [0.4, 0.5) is 5.69 Å². The lowest BCUT2D eigenvalue weighted by atomic mass is 10.0. The van der Waals surface area contributed by atoms with Crippen molar-refractivity contribution in [2.75, 3.05) is 31.6 Å². The molecule has 0 spiro atoms. The molecule has 3 rings (SSSR count). The molecule has 1 saturated heterocycles. The van der Waals surface area contributed by atoms with Crippen LogP contribution in [0.15, 0.2) is 53.3 Å². The quantitative estimate of drug-likeness (QED) is 0.871. The van der Waals surface area contributed by atoms with E-state index in [-0.39, 0.29) is 0 Å². The third-order valence-corrected chi connectivity index (χ3v) is 4.76. The van der Waals surface area contributed by atoms with Crippen molar-refractivity contribution in [2.45, 2.75) is 18.6 Å². The number of likely N-dealkylation sites (N-methyl/N-ethyl adjacent to an activating group) is 1. The van der Waals surface area contributed by atoms with Gasteiger partial charge in [-0.1, -0.05) is 30.3 Å². The third-order valence-electron chi connectivity index (χ3n) is 4.32. The Morgan fingerprint density at radius 1 is 1.30 bits per heavy atom. The first-order chi connectivity index (χ1) is 11.0. The van der Waals surface area contributed by atoms with Gasteiger partial charge < -0.3 is 10.0 Å². The molecule has 1 N–H and O–H groups in total. The number of aliphatic hydroxyl groups is 1. The normalized spacial score (nSPS) is 21.5. The van der Waals surface area contributed by atoms with Crippen molar-refractivity contribution in [1.82, 2.24) is 9.88 Å². The smallest absolute Gasteiger partial charge is 0.0959 e. The number of β-amino-alcohol motifs (C(OH)–C–C–N with tert-alkyl or cyclic N) is 1. The maximum absolute atomic E-state index is 10.9. The van der Waals surface area contributed by atoms with Crippen LogP contribution in [0.5, 0.6) is 0 Å². The highest BCUT2D eigenvalue weighted by Crippen LogP contribution is 2.26. The first-order valence-electron chi connectivity index (χ1n) is 7.84. The van der Waals surface area contributed by atoms with E-state index in [1.54, 1.807) is 6.20 Å². The van der Waals surface area contributed by atoms with E-state index in [0.717, 1.165) is 29.7 Å². The van der Waals surface area contributed by atoms with E-state index in [2.05, 4.69) is 55.0 Å². The molecule has 2 heterocycles. The summed E-state index contributed by atoms with van der Waals surface area (Å²) in [6.45, 7) is 3.13. The maximum atomic E-state index is 10.9. The number of nitrogens with zero attached hydrogens (tertiary/aromatic N) is 3. The van der Waals surface area contributed by atoms with Gasteiger partial charge in [0.2, 0.25) is 0 Å². The highest BCUT2D eigenvalue weighted by molar-refractivity contribution is 9.10. The van der Waals surface area contributed by atoms with Crippen molar-refractivity contribution >= 4 is 21.6 Å². The molecule has 1 fully saturated rings. The van der Waals surface area contributed by atoms with Gasteiger partial charge in [0.15, 0.2) is 0 Å². The Hall–Kier alpha value is -1.43. The Bertz CT molecular complexity index is 652. The summed E-state index contributed by atoms with van der Waals surface area (Å²) in [4.78, 5) is 8.59. The van der Waals surface area contributed by atoms with E-state index < -0.39 is 5.60 Å². The zero-order valence-electron chi connectivity index (χ0n) is 13.3. The van der Waals surface area contributed by atoms with Crippen LogP contribution >= 0.6 is 15.9 Å². The number of hydrogen-bond acceptors (Lipinski definition) is 4. The van der Waals surface area contributed by atoms with Crippen molar-refractivity contribution in [1.29, 1.82) is 0 Å². The Labute approximate surface area is 145 Å². The fraction of sp³-hybridized carbons (Fsp3) is 0.389. The van der Waals surface area contributed by atoms with Gasteiger partial charge in [-0.2, -0.15) is 0 Å². The molecule has 0 bridgehead atoms. The highest BCUT2D eigenvalue weighted by atomic mass is 79.9. The summed E-state index contributed by atoms with van der Waals surface area (Å²) in [7, 11) is 2.00. The lowest BCUT2D eigenvalue weighted by Crippen LogP contribution is -2.43. The van der Waals surface area contributed by atoms with Crippen molar-refractivity contribution in [3.8, 4) is 0 Å². The molecule has 2 aromatic rings. The molecule has 0 aliphatic carbocycles. The molecular weight excluding hydrogens is 354 g/mol. The Balaban J connectivity index is 1.60. The fourth-order valence-electron chi connectivity index (χ4n) is 3.19. The van der Waals surface area contributed by atoms with Gasteiger partial charge in [-0.05, 0) is 34.0 Å². The van der Waals surface area contributed by atoms with Crippen LogP contribution in [0.2, 0.25) is 0 Å². The second-order valence-corrected chi connectivity index (χ2v) is 7.30. The lowest BCUT2D eigenvalue weighted by molar-refractivity contribution is 0.0562. The maximum Gasteiger partial charge on any atom is 0.0959 e. The number of benzene rings is 1. The van der Waals surface area contributed by atoms with Crippen LogP contribution in [0.25, 0.3) is 0 Å². The zero-order valence-corrected chi connectivity index (χ0v) is 14.9. The van der Waals surface area contributed by atoms with Crippen molar-refractivity contribution in [3.05, 3.63) is 58.8 Å². The summed E-state index contributed by atoms with van der Waals surface area (Å²) in [6, 6.07) is 12.4. The van der Waals surface area contributed by atoms with E-state index in [0.29, 0.717) is 13.1 Å². The van der Waals surface area contributed by atoms with Gasteiger partial charge in [0, 0.05) is 43.9 Å². The molecule has 1 atom stereocenters. The number of pyridine rings is 1. The molecule has 23 heavy (non-hydrogen) atoms. The van der Waals surface area contributed by atoms with Crippen molar-refractivity contribution in [3.63, 3.8) is 0 Å². The fourth-order valence-corrected chi connectivity index (χ4v) is 3.54. The van der Waals surface area contributed by atoms with E-state index in [4.69, 9.17) is 0 Å². The van der Waals surface area contributed by atoms with E-state index in [1.807, 2.05) is 25.4 Å². The van der Waals surface area contributed by atoms with Crippen LogP contribution in [0, 0.1) is 0 Å². The van der Waals surface area contributed by atoms with E-state index >= 15 is 0 Å². The van der Waals surface area contributed by atoms with E-state index in [9.17, 15) is 5.11 Å². The Morgan fingerprint density at radius 2 is 2.09 bits per heavy atom. The molecule has 1 unspecified atom stereocenters. The predicted octanol–water partition coefficient (Wildman–Crippen LogP) is 2.92. The number of halogens is 1. The van der Waals surface area contributed by atoms with Gasteiger partial charge in [0.25, 0.3) is 0 Å². The second-order valence-electron chi connectivity index (χ2n) is 6.39. The van der Waals surface area contributed by atoms with Gasteiger partial charge in [-0.25, -0.2) is 0 Å². The third kappa shape index (κ3) is 4.31. The number of rotatable bonds is 5. The summed E-state index contributed by atoms with van der Waals surface area (Å²) in [5, 5.41) is 10.9. The van der Waals surface area contributed by atoms with Crippen LogP contribution in [0.3, 0.4) is 0 Å². The lowest BCUT2D eigenvalue weighted by Gasteiger charge is -2.30. The second kappa shape index (κ2) is 6.99. The summed E-state index contributed by atoms with van der Waals surface area (Å²) in [6.07, 6.45) is 4.39. The summed E-state index contributed by atoms with van der Waals surface area (Å²) >= 11 is 3.44. The van der Waals surface area contributed by atoms with Crippen LogP contribution in [0.1, 0.15) is 12.0 Å². The minimum atomic E-state index is -0.675. The van der Waals surface area contributed by atoms with Crippen LogP contribution < -0.4 is 4.90 Å². The monoisotopic (exact) mass is 375 g/mol. The molecule has 0 amide bonds. The predicted molar refractivity (Wildman–Crippen MR) is 96.5 cm³/mol. The summed E-state index contributed by atoms with van der Waals surface area (Å²) in [5.41, 5.74) is 1.63. The topological polar surface area (TPSA) is 39.6 Å². The number of anilines is 1. The molecule has 5 heteroatoms. The number of aromatic nitrogens is 1. The molecule has 1 aliphatic rings. The molecule has 0 saturated carbocycles. The Kier molecular flexibility index (Phi) is 4.99. The first-order valence-corrected chi connectivity index (χ1v) is 8.64. The van der Waals surface area contributed by atoms with E-state index in [1.165, 1.54) is 5.56 Å². The molecular formula is C18H22BrN3O. The largest absolute Gasteiger partial charge is 0.387 e. The van der Waals surface area contributed by atoms with Crippen molar-refractivity contribution < 1.29 is 5.11 Å². The highest BCUT2D eigenvalue weighted by Gasteiger charge is 2.37. The number of likely N-dealkylation sites (tertiary alicyclic amines) is 1. The van der Waals surface area contributed by atoms with Gasteiger partial charge in [0.1, 0.15) is 0 Å². The van der Waals surface area contributed by atoms with Crippen molar-refractivity contribution in [2.24, 2.45) is 0 Å². The van der Waals surface area contributed by atoms with Crippen LogP contribution in [-0.2, 0) is 6.54 Å².